The molecule has 19 heavy (non-hydrogen) atoms. The molecule has 0 bridgehead atoms. The van der Waals surface area contributed by atoms with Gasteiger partial charge < -0.3 is 9.80 Å². The SMILES string of the molecule is CCCC(=O)N1CCN(C(=O)c2ccncc2)CC1. The van der Waals surface area contributed by atoms with E-state index in [1.807, 2.05) is 11.8 Å². The Hall–Kier alpha value is -1.91. The molecule has 0 aliphatic carbocycles. The first-order valence-electron chi connectivity index (χ1n) is 6.69. The van der Waals surface area contributed by atoms with E-state index >= 15 is 0 Å². The summed E-state index contributed by atoms with van der Waals surface area (Å²) < 4.78 is 0. The number of hydrogen-bond donors (Lipinski definition) is 0. The van der Waals surface area contributed by atoms with E-state index in [4.69, 9.17) is 0 Å². The summed E-state index contributed by atoms with van der Waals surface area (Å²) in [5.41, 5.74) is 0.656. The Kier molecular flexibility index (Phi) is 4.49. The molecular weight excluding hydrogens is 242 g/mol. The quantitative estimate of drug-likeness (QED) is 0.820. The van der Waals surface area contributed by atoms with Gasteiger partial charge in [0.25, 0.3) is 5.91 Å². The number of piperazine rings is 1. The lowest BCUT2D eigenvalue weighted by atomic mass is 10.2. The van der Waals surface area contributed by atoms with E-state index in [1.54, 1.807) is 29.4 Å². The van der Waals surface area contributed by atoms with Gasteiger partial charge in [0.2, 0.25) is 5.91 Å². The number of aromatic nitrogens is 1. The predicted octanol–water partition coefficient (Wildman–Crippen LogP) is 1.17. The maximum absolute atomic E-state index is 12.2. The first-order chi connectivity index (χ1) is 9.22. The van der Waals surface area contributed by atoms with Crippen LogP contribution >= 0.6 is 0 Å². The summed E-state index contributed by atoms with van der Waals surface area (Å²) in [6, 6.07) is 3.44. The second kappa shape index (κ2) is 6.31. The molecule has 2 heterocycles. The molecule has 0 unspecified atom stereocenters. The van der Waals surface area contributed by atoms with Gasteiger partial charge in [-0.25, -0.2) is 0 Å². The highest BCUT2D eigenvalue weighted by Gasteiger charge is 2.24. The first-order valence-corrected chi connectivity index (χ1v) is 6.69. The Labute approximate surface area is 113 Å². The van der Waals surface area contributed by atoms with Gasteiger partial charge in [0.05, 0.1) is 0 Å². The molecule has 0 N–H and O–H groups in total. The molecule has 2 rings (SSSR count). The van der Waals surface area contributed by atoms with Gasteiger partial charge in [-0.3, -0.25) is 14.6 Å². The number of nitrogens with zero attached hydrogens (tertiary/aromatic N) is 3. The lowest BCUT2D eigenvalue weighted by Crippen LogP contribution is -2.50. The second-order valence-corrected chi connectivity index (χ2v) is 4.66. The third-order valence-corrected chi connectivity index (χ3v) is 3.31. The van der Waals surface area contributed by atoms with Gasteiger partial charge >= 0.3 is 0 Å². The minimum atomic E-state index is 0.0185. The van der Waals surface area contributed by atoms with E-state index in [2.05, 4.69) is 4.98 Å². The lowest BCUT2D eigenvalue weighted by molar-refractivity contribution is -0.132. The van der Waals surface area contributed by atoms with Crippen molar-refractivity contribution < 1.29 is 9.59 Å². The molecule has 102 valence electrons. The summed E-state index contributed by atoms with van der Waals surface area (Å²) in [4.78, 5) is 31.5. The van der Waals surface area contributed by atoms with Crippen molar-refractivity contribution in [3.05, 3.63) is 30.1 Å². The highest BCUT2D eigenvalue weighted by molar-refractivity contribution is 5.94. The van der Waals surface area contributed by atoms with E-state index in [-0.39, 0.29) is 11.8 Å². The topological polar surface area (TPSA) is 53.5 Å². The molecule has 1 aromatic rings. The fraction of sp³-hybridized carbons (Fsp3) is 0.500. The minimum Gasteiger partial charge on any atom is -0.339 e. The molecule has 1 fully saturated rings. The number of amides is 2. The van der Waals surface area contributed by atoms with Crippen LogP contribution in [0.4, 0.5) is 0 Å². The summed E-state index contributed by atoms with van der Waals surface area (Å²) in [6.45, 7) is 4.49. The van der Waals surface area contributed by atoms with Gasteiger partial charge in [-0.2, -0.15) is 0 Å². The molecule has 0 radical (unpaired) electrons. The molecule has 0 spiro atoms. The van der Waals surface area contributed by atoms with Crippen molar-refractivity contribution in [1.82, 2.24) is 14.8 Å². The maximum Gasteiger partial charge on any atom is 0.254 e. The van der Waals surface area contributed by atoms with Crippen LogP contribution in [-0.4, -0.2) is 52.8 Å². The molecule has 5 nitrogen and oxygen atoms in total. The van der Waals surface area contributed by atoms with Gasteiger partial charge in [-0.1, -0.05) is 6.92 Å². The fourth-order valence-electron chi connectivity index (χ4n) is 2.21. The summed E-state index contributed by atoms with van der Waals surface area (Å²) in [7, 11) is 0. The molecule has 1 aliphatic rings. The van der Waals surface area contributed by atoms with Crippen molar-refractivity contribution in [1.29, 1.82) is 0 Å². The maximum atomic E-state index is 12.2. The Morgan fingerprint density at radius 1 is 1.11 bits per heavy atom. The highest BCUT2D eigenvalue weighted by atomic mass is 16.2. The van der Waals surface area contributed by atoms with Gasteiger partial charge in [0.15, 0.2) is 0 Å². The molecule has 1 aromatic heterocycles. The Morgan fingerprint density at radius 2 is 1.68 bits per heavy atom. The number of rotatable bonds is 3. The van der Waals surface area contributed by atoms with Crippen LogP contribution in [0.5, 0.6) is 0 Å². The molecule has 1 aliphatic heterocycles. The van der Waals surface area contributed by atoms with E-state index in [1.165, 1.54) is 0 Å². The van der Waals surface area contributed by atoms with Crippen LogP contribution in [0.15, 0.2) is 24.5 Å². The lowest BCUT2D eigenvalue weighted by Gasteiger charge is -2.34. The summed E-state index contributed by atoms with van der Waals surface area (Å²) in [6.07, 6.45) is 4.70. The molecule has 0 atom stereocenters. The largest absolute Gasteiger partial charge is 0.339 e. The summed E-state index contributed by atoms with van der Waals surface area (Å²) in [5, 5.41) is 0. The number of carbonyl (C=O) groups is 2. The Bertz CT molecular complexity index is 439. The Morgan fingerprint density at radius 3 is 2.26 bits per heavy atom. The van der Waals surface area contributed by atoms with Crippen LogP contribution < -0.4 is 0 Å². The predicted molar refractivity (Wildman–Crippen MR) is 71.6 cm³/mol. The van der Waals surface area contributed by atoms with E-state index in [0.29, 0.717) is 38.2 Å². The highest BCUT2D eigenvalue weighted by Crippen LogP contribution is 2.09. The minimum absolute atomic E-state index is 0.0185. The number of carbonyl (C=O) groups excluding carboxylic acids is 2. The third-order valence-electron chi connectivity index (χ3n) is 3.31. The zero-order valence-electron chi connectivity index (χ0n) is 11.2. The molecule has 1 saturated heterocycles. The van der Waals surface area contributed by atoms with Crippen LogP contribution in [0, 0.1) is 0 Å². The summed E-state index contributed by atoms with van der Waals surface area (Å²) >= 11 is 0. The number of pyridine rings is 1. The molecule has 2 amide bonds. The normalized spacial score (nSPS) is 15.4. The van der Waals surface area contributed by atoms with Crippen molar-refractivity contribution in [2.24, 2.45) is 0 Å². The smallest absolute Gasteiger partial charge is 0.254 e. The van der Waals surface area contributed by atoms with Crippen molar-refractivity contribution in [3.63, 3.8) is 0 Å². The average Bonchev–Trinajstić information content (AvgIpc) is 2.48. The van der Waals surface area contributed by atoms with E-state index in [9.17, 15) is 9.59 Å². The third kappa shape index (κ3) is 3.30. The van der Waals surface area contributed by atoms with Crippen molar-refractivity contribution in [2.75, 3.05) is 26.2 Å². The standard InChI is InChI=1S/C14H19N3O2/c1-2-3-13(18)16-8-10-17(11-9-16)14(19)12-4-6-15-7-5-12/h4-7H,2-3,8-11H2,1H3. The monoisotopic (exact) mass is 261 g/mol. The fourth-order valence-corrected chi connectivity index (χ4v) is 2.21. The van der Waals surface area contributed by atoms with Crippen LogP contribution in [0.25, 0.3) is 0 Å². The molecule has 0 aromatic carbocycles. The summed E-state index contributed by atoms with van der Waals surface area (Å²) in [5.74, 6) is 0.212. The van der Waals surface area contributed by atoms with Gasteiger partial charge in [-0.15, -0.1) is 0 Å². The van der Waals surface area contributed by atoms with Crippen LogP contribution in [0.1, 0.15) is 30.1 Å². The van der Waals surface area contributed by atoms with Gasteiger partial charge in [-0.05, 0) is 18.6 Å². The van der Waals surface area contributed by atoms with Crippen LogP contribution in [-0.2, 0) is 4.79 Å². The first kappa shape index (κ1) is 13.5. The average molecular weight is 261 g/mol. The van der Waals surface area contributed by atoms with Gasteiger partial charge in [0, 0.05) is 50.6 Å². The molecule has 0 saturated carbocycles. The van der Waals surface area contributed by atoms with E-state index < -0.39 is 0 Å². The van der Waals surface area contributed by atoms with Crippen molar-refractivity contribution in [3.8, 4) is 0 Å². The number of hydrogen-bond acceptors (Lipinski definition) is 3. The molecule has 5 heteroatoms. The second-order valence-electron chi connectivity index (χ2n) is 4.66. The van der Waals surface area contributed by atoms with Gasteiger partial charge in [0.1, 0.15) is 0 Å². The van der Waals surface area contributed by atoms with Crippen molar-refractivity contribution >= 4 is 11.8 Å². The van der Waals surface area contributed by atoms with Crippen LogP contribution in [0.2, 0.25) is 0 Å². The van der Waals surface area contributed by atoms with Crippen LogP contribution in [0.3, 0.4) is 0 Å². The van der Waals surface area contributed by atoms with Crippen molar-refractivity contribution in [2.45, 2.75) is 19.8 Å². The Balaban J connectivity index is 1.90. The zero-order chi connectivity index (χ0) is 13.7. The van der Waals surface area contributed by atoms with E-state index in [0.717, 1.165) is 6.42 Å². The zero-order valence-corrected chi connectivity index (χ0v) is 11.2. The molecular formula is C14H19N3O2.